The Kier molecular flexibility index (Phi) is 2.69. The molecule has 0 radical (unpaired) electrons. The molecule has 4 nitrogen and oxygen atoms in total. The highest BCUT2D eigenvalue weighted by molar-refractivity contribution is 6.00. The van der Waals surface area contributed by atoms with E-state index in [0.29, 0.717) is 17.9 Å². The van der Waals surface area contributed by atoms with E-state index >= 15 is 0 Å². The first-order valence-corrected chi connectivity index (χ1v) is 6.94. The van der Waals surface area contributed by atoms with Crippen LogP contribution in [0.1, 0.15) is 38.7 Å². The van der Waals surface area contributed by atoms with Crippen molar-refractivity contribution in [2.75, 3.05) is 16.4 Å². The molecule has 2 aliphatic rings. The number of carbonyl (C=O) groups excluding carboxylic acids is 1. The molecule has 19 heavy (non-hydrogen) atoms. The minimum Gasteiger partial charge on any atom is -0.397 e. The van der Waals surface area contributed by atoms with Crippen LogP contribution in [0.3, 0.4) is 0 Å². The molecular formula is C15H21N3O. The molecule has 1 fully saturated rings. The van der Waals surface area contributed by atoms with Gasteiger partial charge in [0.05, 0.1) is 17.8 Å². The molecule has 0 saturated heterocycles. The SMILES string of the molecule is CC1(C)CCCC1Nc1cc2c(cc1N)CC(=O)N2. The third-order valence-corrected chi connectivity index (χ3v) is 4.49. The van der Waals surface area contributed by atoms with E-state index in [1.165, 1.54) is 19.3 Å². The van der Waals surface area contributed by atoms with Crippen LogP contribution in [0.4, 0.5) is 17.1 Å². The molecule has 1 heterocycles. The summed E-state index contributed by atoms with van der Waals surface area (Å²) in [6.07, 6.45) is 4.11. The standard InChI is InChI=1S/C15H21N3O/c1-15(2)5-3-4-13(15)17-12-8-11-9(6-10(12)16)7-14(19)18-11/h6,8,13,17H,3-5,7,16H2,1-2H3,(H,18,19). The van der Waals surface area contributed by atoms with Crippen LogP contribution in [0.15, 0.2) is 12.1 Å². The van der Waals surface area contributed by atoms with Gasteiger partial charge in [0.25, 0.3) is 0 Å². The summed E-state index contributed by atoms with van der Waals surface area (Å²) in [6, 6.07) is 4.34. The zero-order chi connectivity index (χ0) is 13.6. The normalized spacial score (nSPS) is 24.1. The zero-order valence-corrected chi connectivity index (χ0v) is 11.5. The Morgan fingerprint density at radius 2 is 2.21 bits per heavy atom. The Morgan fingerprint density at radius 3 is 2.89 bits per heavy atom. The molecule has 1 atom stereocenters. The average molecular weight is 259 g/mol. The van der Waals surface area contributed by atoms with E-state index in [1.807, 2.05) is 12.1 Å². The number of amides is 1. The van der Waals surface area contributed by atoms with E-state index in [4.69, 9.17) is 5.73 Å². The topological polar surface area (TPSA) is 67.1 Å². The fraction of sp³-hybridized carbons (Fsp3) is 0.533. The minimum atomic E-state index is 0.0488. The van der Waals surface area contributed by atoms with Gasteiger partial charge in [0.15, 0.2) is 0 Å². The van der Waals surface area contributed by atoms with Gasteiger partial charge < -0.3 is 16.4 Å². The molecule has 1 amide bonds. The Balaban J connectivity index is 1.86. The molecule has 4 heteroatoms. The molecule has 0 aromatic heterocycles. The molecule has 1 aromatic carbocycles. The van der Waals surface area contributed by atoms with Crippen molar-refractivity contribution in [3.05, 3.63) is 17.7 Å². The lowest BCUT2D eigenvalue weighted by atomic mass is 9.87. The number of benzene rings is 1. The summed E-state index contributed by atoms with van der Waals surface area (Å²) >= 11 is 0. The van der Waals surface area contributed by atoms with Gasteiger partial charge in [-0.2, -0.15) is 0 Å². The second kappa shape index (κ2) is 4.15. The van der Waals surface area contributed by atoms with Crippen molar-refractivity contribution in [3.63, 3.8) is 0 Å². The Hall–Kier alpha value is -1.71. The fourth-order valence-electron chi connectivity index (χ4n) is 3.20. The summed E-state index contributed by atoms with van der Waals surface area (Å²) in [4.78, 5) is 11.4. The highest BCUT2D eigenvalue weighted by Crippen LogP contribution is 2.41. The van der Waals surface area contributed by atoms with Crippen LogP contribution in [0.2, 0.25) is 0 Å². The van der Waals surface area contributed by atoms with Gasteiger partial charge in [-0.15, -0.1) is 0 Å². The first kappa shape index (κ1) is 12.3. The van der Waals surface area contributed by atoms with Crippen LogP contribution in [-0.2, 0) is 11.2 Å². The highest BCUT2D eigenvalue weighted by Gasteiger charge is 2.34. The van der Waals surface area contributed by atoms with Crippen LogP contribution in [0.25, 0.3) is 0 Å². The summed E-state index contributed by atoms with van der Waals surface area (Å²) in [6.45, 7) is 4.59. The molecule has 1 aromatic rings. The number of hydrogen-bond acceptors (Lipinski definition) is 3. The number of nitrogens with one attached hydrogen (secondary N) is 2. The molecule has 1 saturated carbocycles. The smallest absolute Gasteiger partial charge is 0.228 e. The van der Waals surface area contributed by atoms with Gasteiger partial charge in [-0.05, 0) is 36.0 Å². The van der Waals surface area contributed by atoms with Gasteiger partial charge in [0.2, 0.25) is 5.91 Å². The molecule has 102 valence electrons. The summed E-state index contributed by atoms with van der Waals surface area (Å²) < 4.78 is 0. The number of fused-ring (bicyclic) bond motifs is 1. The highest BCUT2D eigenvalue weighted by atomic mass is 16.1. The third kappa shape index (κ3) is 2.15. The Morgan fingerprint density at radius 1 is 1.42 bits per heavy atom. The number of nitrogens with two attached hydrogens (primary N) is 1. The van der Waals surface area contributed by atoms with Crippen LogP contribution in [0, 0.1) is 5.41 Å². The third-order valence-electron chi connectivity index (χ3n) is 4.49. The van der Waals surface area contributed by atoms with E-state index in [0.717, 1.165) is 22.6 Å². The molecular weight excluding hydrogens is 238 g/mol. The summed E-state index contributed by atoms with van der Waals surface area (Å²) in [5.41, 5.74) is 9.98. The van der Waals surface area contributed by atoms with Gasteiger partial charge in [-0.25, -0.2) is 0 Å². The second-order valence-electron chi connectivity index (χ2n) is 6.40. The van der Waals surface area contributed by atoms with Crippen molar-refractivity contribution in [3.8, 4) is 0 Å². The number of hydrogen-bond donors (Lipinski definition) is 3. The van der Waals surface area contributed by atoms with E-state index in [1.54, 1.807) is 0 Å². The maximum absolute atomic E-state index is 11.4. The van der Waals surface area contributed by atoms with Crippen molar-refractivity contribution >= 4 is 23.0 Å². The van der Waals surface area contributed by atoms with E-state index < -0.39 is 0 Å². The second-order valence-corrected chi connectivity index (χ2v) is 6.40. The minimum absolute atomic E-state index is 0.0488. The van der Waals surface area contributed by atoms with Crippen molar-refractivity contribution < 1.29 is 4.79 Å². The maximum atomic E-state index is 11.4. The lowest BCUT2D eigenvalue weighted by Gasteiger charge is -2.29. The Bertz CT molecular complexity index is 536. The average Bonchev–Trinajstić information content (AvgIpc) is 2.82. The van der Waals surface area contributed by atoms with E-state index in [9.17, 15) is 4.79 Å². The van der Waals surface area contributed by atoms with Gasteiger partial charge in [-0.1, -0.05) is 20.3 Å². The monoisotopic (exact) mass is 259 g/mol. The number of anilines is 3. The maximum Gasteiger partial charge on any atom is 0.228 e. The Labute approximate surface area is 113 Å². The van der Waals surface area contributed by atoms with Crippen LogP contribution in [-0.4, -0.2) is 11.9 Å². The van der Waals surface area contributed by atoms with Crippen molar-refractivity contribution in [2.45, 2.75) is 45.6 Å². The lowest BCUT2D eigenvalue weighted by Crippen LogP contribution is -2.31. The lowest BCUT2D eigenvalue weighted by molar-refractivity contribution is -0.115. The van der Waals surface area contributed by atoms with Gasteiger partial charge in [0.1, 0.15) is 0 Å². The molecule has 1 aliphatic carbocycles. The largest absolute Gasteiger partial charge is 0.397 e. The van der Waals surface area contributed by atoms with Crippen LogP contribution < -0.4 is 16.4 Å². The molecule has 3 rings (SSSR count). The summed E-state index contributed by atoms with van der Waals surface area (Å²) in [7, 11) is 0. The fourth-order valence-corrected chi connectivity index (χ4v) is 3.20. The van der Waals surface area contributed by atoms with E-state index in [-0.39, 0.29) is 5.91 Å². The summed E-state index contributed by atoms with van der Waals surface area (Å²) in [5, 5.41) is 6.44. The number of carbonyl (C=O) groups is 1. The van der Waals surface area contributed by atoms with Crippen molar-refractivity contribution in [1.29, 1.82) is 0 Å². The van der Waals surface area contributed by atoms with Crippen molar-refractivity contribution in [2.24, 2.45) is 5.41 Å². The van der Waals surface area contributed by atoms with Gasteiger partial charge in [-0.3, -0.25) is 4.79 Å². The predicted octanol–water partition coefficient (Wildman–Crippen LogP) is 2.75. The molecule has 0 spiro atoms. The molecule has 1 unspecified atom stereocenters. The predicted molar refractivity (Wildman–Crippen MR) is 78.2 cm³/mol. The quantitative estimate of drug-likeness (QED) is 0.715. The number of rotatable bonds is 2. The first-order chi connectivity index (χ1) is 8.95. The van der Waals surface area contributed by atoms with Crippen LogP contribution >= 0.6 is 0 Å². The zero-order valence-electron chi connectivity index (χ0n) is 11.5. The van der Waals surface area contributed by atoms with E-state index in [2.05, 4.69) is 24.5 Å². The molecule has 4 N–H and O–H groups in total. The van der Waals surface area contributed by atoms with Gasteiger partial charge in [0, 0.05) is 11.7 Å². The molecule has 1 aliphatic heterocycles. The molecule has 0 bridgehead atoms. The van der Waals surface area contributed by atoms with Gasteiger partial charge >= 0.3 is 0 Å². The number of nitrogen functional groups attached to an aromatic ring is 1. The van der Waals surface area contributed by atoms with Crippen LogP contribution in [0.5, 0.6) is 0 Å². The summed E-state index contributed by atoms with van der Waals surface area (Å²) in [5.74, 6) is 0.0488. The van der Waals surface area contributed by atoms with Crippen molar-refractivity contribution in [1.82, 2.24) is 0 Å². The first-order valence-electron chi connectivity index (χ1n) is 6.94.